The summed E-state index contributed by atoms with van der Waals surface area (Å²) in [6, 6.07) is -0.0966. The second kappa shape index (κ2) is 5.38. The fourth-order valence-electron chi connectivity index (χ4n) is 2.70. The largest absolute Gasteiger partial charge is 0.481 e. The fraction of sp³-hybridized carbons (Fsp3) is 0.833. The molecule has 2 rings (SSSR count). The number of carboxylic acid groups (broad SMARTS) is 1. The highest BCUT2D eigenvalue weighted by Gasteiger charge is 2.30. The molecule has 5 nitrogen and oxygen atoms in total. The minimum absolute atomic E-state index is 0.0966. The summed E-state index contributed by atoms with van der Waals surface area (Å²) in [5.41, 5.74) is 0. The summed E-state index contributed by atoms with van der Waals surface area (Å²) < 4.78 is 0. The summed E-state index contributed by atoms with van der Waals surface area (Å²) in [4.78, 5) is 24.2. The Morgan fingerprint density at radius 3 is 2.53 bits per heavy atom. The fourth-order valence-corrected chi connectivity index (χ4v) is 2.70. The molecule has 0 aromatic heterocycles. The molecule has 1 aliphatic carbocycles. The van der Waals surface area contributed by atoms with Crippen molar-refractivity contribution >= 4 is 12.0 Å². The Hall–Kier alpha value is -1.26. The smallest absolute Gasteiger partial charge is 0.317 e. The van der Waals surface area contributed by atoms with Crippen LogP contribution >= 0.6 is 0 Å². The van der Waals surface area contributed by atoms with E-state index in [4.69, 9.17) is 5.11 Å². The molecule has 0 spiro atoms. The number of rotatable bonds is 3. The van der Waals surface area contributed by atoms with Crippen LogP contribution in [0.5, 0.6) is 0 Å². The van der Waals surface area contributed by atoms with Crippen molar-refractivity contribution in [1.82, 2.24) is 10.2 Å². The molecule has 1 atom stereocenters. The summed E-state index contributed by atoms with van der Waals surface area (Å²) in [6.07, 6.45) is 5.53. The van der Waals surface area contributed by atoms with E-state index in [1.807, 2.05) is 0 Å². The van der Waals surface area contributed by atoms with Gasteiger partial charge in [-0.05, 0) is 25.2 Å². The van der Waals surface area contributed by atoms with Gasteiger partial charge in [0.1, 0.15) is 0 Å². The topological polar surface area (TPSA) is 69.6 Å². The van der Waals surface area contributed by atoms with Crippen LogP contribution in [0.4, 0.5) is 4.79 Å². The van der Waals surface area contributed by atoms with Crippen molar-refractivity contribution in [2.24, 2.45) is 11.8 Å². The first kappa shape index (κ1) is 12.2. The Balaban J connectivity index is 1.71. The lowest BCUT2D eigenvalue weighted by atomic mass is 10.1. The van der Waals surface area contributed by atoms with Gasteiger partial charge in [-0.15, -0.1) is 0 Å². The van der Waals surface area contributed by atoms with Crippen LogP contribution in [0.3, 0.4) is 0 Å². The minimum Gasteiger partial charge on any atom is -0.481 e. The number of hydrogen-bond acceptors (Lipinski definition) is 2. The van der Waals surface area contributed by atoms with Crippen molar-refractivity contribution in [2.45, 2.75) is 32.1 Å². The van der Waals surface area contributed by atoms with Crippen LogP contribution in [-0.2, 0) is 4.79 Å². The molecule has 96 valence electrons. The predicted molar refractivity (Wildman–Crippen MR) is 62.7 cm³/mol. The summed E-state index contributed by atoms with van der Waals surface area (Å²) in [6.45, 7) is 1.66. The highest BCUT2D eigenvalue weighted by atomic mass is 16.4. The SMILES string of the molecule is O=C(O)C1CCN(C(=O)NCC2CCCC2)C1. The number of carbonyl (C=O) groups is 2. The molecule has 1 aliphatic heterocycles. The van der Waals surface area contributed by atoms with Gasteiger partial charge in [0.05, 0.1) is 5.92 Å². The van der Waals surface area contributed by atoms with Crippen LogP contribution in [0, 0.1) is 11.8 Å². The number of amides is 2. The Bertz CT molecular complexity index is 300. The summed E-state index contributed by atoms with van der Waals surface area (Å²) >= 11 is 0. The number of carboxylic acids is 1. The Kier molecular flexibility index (Phi) is 3.86. The summed E-state index contributed by atoms with van der Waals surface area (Å²) in [7, 11) is 0. The quantitative estimate of drug-likeness (QED) is 0.781. The van der Waals surface area contributed by atoms with Gasteiger partial charge in [0.2, 0.25) is 0 Å². The highest BCUT2D eigenvalue weighted by Crippen LogP contribution is 2.24. The van der Waals surface area contributed by atoms with Gasteiger partial charge in [0.25, 0.3) is 0 Å². The predicted octanol–water partition coefficient (Wildman–Crippen LogP) is 1.29. The molecule has 1 heterocycles. The van der Waals surface area contributed by atoms with Crippen molar-refractivity contribution in [2.75, 3.05) is 19.6 Å². The van der Waals surface area contributed by atoms with Crippen LogP contribution in [0.15, 0.2) is 0 Å². The van der Waals surface area contributed by atoms with Crippen molar-refractivity contribution < 1.29 is 14.7 Å². The van der Waals surface area contributed by atoms with Crippen molar-refractivity contribution in [3.8, 4) is 0 Å². The first-order valence-electron chi connectivity index (χ1n) is 6.42. The van der Waals surface area contributed by atoms with Gasteiger partial charge in [-0.1, -0.05) is 12.8 Å². The molecule has 2 aliphatic rings. The van der Waals surface area contributed by atoms with Gasteiger partial charge in [-0.2, -0.15) is 0 Å². The number of urea groups is 1. The van der Waals surface area contributed by atoms with Crippen LogP contribution in [-0.4, -0.2) is 41.6 Å². The number of aliphatic carboxylic acids is 1. The molecule has 0 aromatic carbocycles. The molecule has 1 unspecified atom stereocenters. The molecule has 2 fully saturated rings. The zero-order valence-electron chi connectivity index (χ0n) is 10.0. The van der Waals surface area contributed by atoms with Crippen LogP contribution in [0.2, 0.25) is 0 Å². The van der Waals surface area contributed by atoms with Gasteiger partial charge in [0, 0.05) is 19.6 Å². The molecular formula is C12H20N2O3. The zero-order chi connectivity index (χ0) is 12.3. The number of carbonyl (C=O) groups excluding carboxylic acids is 1. The van der Waals surface area contributed by atoms with Crippen LogP contribution in [0.25, 0.3) is 0 Å². The third-order valence-electron chi connectivity index (χ3n) is 3.84. The van der Waals surface area contributed by atoms with Gasteiger partial charge in [0.15, 0.2) is 0 Å². The number of hydrogen-bond donors (Lipinski definition) is 2. The molecule has 5 heteroatoms. The lowest BCUT2D eigenvalue weighted by Crippen LogP contribution is -2.40. The Morgan fingerprint density at radius 1 is 1.24 bits per heavy atom. The monoisotopic (exact) mass is 240 g/mol. The van der Waals surface area contributed by atoms with E-state index < -0.39 is 5.97 Å². The maximum Gasteiger partial charge on any atom is 0.317 e. The molecule has 0 bridgehead atoms. The average Bonchev–Trinajstić information content (AvgIpc) is 2.96. The van der Waals surface area contributed by atoms with Crippen molar-refractivity contribution in [3.05, 3.63) is 0 Å². The van der Waals surface area contributed by atoms with Crippen LogP contribution < -0.4 is 5.32 Å². The lowest BCUT2D eigenvalue weighted by molar-refractivity contribution is -0.141. The maximum atomic E-state index is 11.8. The highest BCUT2D eigenvalue weighted by molar-refractivity contribution is 5.77. The third-order valence-corrected chi connectivity index (χ3v) is 3.84. The van der Waals surface area contributed by atoms with E-state index in [1.54, 1.807) is 4.90 Å². The normalized spacial score (nSPS) is 25.2. The minimum atomic E-state index is -0.795. The maximum absolute atomic E-state index is 11.8. The van der Waals surface area contributed by atoms with E-state index in [9.17, 15) is 9.59 Å². The van der Waals surface area contributed by atoms with E-state index in [2.05, 4.69) is 5.32 Å². The van der Waals surface area contributed by atoms with Gasteiger partial charge >= 0.3 is 12.0 Å². The molecule has 2 N–H and O–H groups in total. The summed E-state index contributed by atoms with van der Waals surface area (Å²) in [5.74, 6) is -0.555. The lowest BCUT2D eigenvalue weighted by Gasteiger charge is -2.18. The number of likely N-dealkylation sites (tertiary alicyclic amines) is 1. The average molecular weight is 240 g/mol. The standard InChI is InChI=1S/C12H20N2O3/c15-11(16)10-5-6-14(8-10)12(17)13-7-9-3-1-2-4-9/h9-10H,1-8H2,(H,13,17)(H,15,16). The van der Waals surface area contributed by atoms with Crippen molar-refractivity contribution in [1.29, 1.82) is 0 Å². The molecule has 0 radical (unpaired) electrons. The molecule has 2 amide bonds. The van der Waals surface area contributed by atoms with E-state index in [0.717, 1.165) is 6.54 Å². The van der Waals surface area contributed by atoms with Gasteiger partial charge in [-0.3, -0.25) is 4.79 Å². The van der Waals surface area contributed by atoms with Crippen molar-refractivity contribution in [3.63, 3.8) is 0 Å². The molecular weight excluding hydrogens is 220 g/mol. The first-order valence-corrected chi connectivity index (χ1v) is 6.42. The third kappa shape index (κ3) is 3.11. The van der Waals surface area contributed by atoms with Gasteiger partial charge in [-0.25, -0.2) is 4.79 Å². The van der Waals surface area contributed by atoms with E-state index in [1.165, 1.54) is 25.7 Å². The van der Waals surface area contributed by atoms with Crippen LogP contribution in [0.1, 0.15) is 32.1 Å². The second-order valence-corrected chi connectivity index (χ2v) is 5.11. The van der Waals surface area contributed by atoms with E-state index >= 15 is 0 Å². The Labute approximate surface area is 101 Å². The van der Waals surface area contributed by atoms with E-state index in [0.29, 0.717) is 25.4 Å². The zero-order valence-corrected chi connectivity index (χ0v) is 10.0. The molecule has 17 heavy (non-hydrogen) atoms. The Morgan fingerprint density at radius 2 is 1.94 bits per heavy atom. The second-order valence-electron chi connectivity index (χ2n) is 5.11. The first-order chi connectivity index (χ1) is 8.16. The van der Waals surface area contributed by atoms with Gasteiger partial charge < -0.3 is 15.3 Å². The molecule has 1 saturated heterocycles. The molecule has 0 aromatic rings. The summed E-state index contributed by atoms with van der Waals surface area (Å²) in [5, 5.41) is 11.8. The van der Waals surface area contributed by atoms with E-state index in [-0.39, 0.29) is 11.9 Å². The number of nitrogens with zero attached hydrogens (tertiary/aromatic N) is 1. The molecule has 1 saturated carbocycles. The number of nitrogens with one attached hydrogen (secondary N) is 1.